The third kappa shape index (κ3) is 4.04. The predicted octanol–water partition coefficient (Wildman–Crippen LogP) is 5.19. The lowest BCUT2D eigenvalue weighted by molar-refractivity contribution is -0.139. The number of benzene rings is 2. The minimum absolute atomic E-state index is 0.106. The van der Waals surface area contributed by atoms with Gasteiger partial charge in [-0.2, -0.15) is 0 Å². The minimum atomic E-state index is -0.668. The molecule has 5 nitrogen and oxygen atoms in total. The van der Waals surface area contributed by atoms with E-state index in [1.165, 1.54) is 17.5 Å². The Hall–Kier alpha value is -3.08. The molecule has 1 heterocycles. The number of hydrogen-bond acceptors (Lipinski definition) is 4. The van der Waals surface area contributed by atoms with Crippen LogP contribution in [0.4, 0.5) is 0 Å². The standard InChI is InChI=1S/C27H31NO4/c1-3-4-9-16-28-24(21-12-7-8-13-22(21)32-2)23(26(30)27(28)31)25(29)20-15-14-18-10-5-6-11-19(18)17-20/h7-8,12-15,17,24,29H,3-6,9-11,16H2,1-2H3/b25-23+. The number of aryl methyl sites for hydroxylation is 2. The van der Waals surface area contributed by atoms with E-state index in [1.807, 2.05) is 42.5 Å². The maximum Gasteiger partial charge on any atom is 0.295 e. The number of rotatable bonds is 7. The van der Waals surface area contributed by atoms with E-state index in [2.05, 4.69) is 6.92 Å². The summed E-state index contributed by atoms with van der Waals surface area (Å²) in [6.45, 7) is 2.56. The number of nitrogens with zero attached hydrogens (tertiary/aromatic N) is 1. The number of hydrogen-bond donors (Lipinski definition) is 1. The molecule has 0 spiro atoms. The minimum Gasteiger partial charge on any atom is -0.507 e. The molecule has 1 aliphatic heterocycles. The van der Waals surface area contributed by atoms with Crippen LogP contribution in [0, 0.1) is 0 Å². The summed E-state index contributed by atoms with van der Waals surface area (Å²) in [7, 11) is 1.57. The number of carbonyl (C=O) groups is 2. The van der Waals surface area contributed by atoms with Gasteiger partial charge in [-0.25, -0.2) is 0 Å². The van der Waals surface area contributed by atoms with Crippen LogP contribution in [-0.4, -0.2) is 35.4 Å². The molecular weight excluding hydrogens is 402 g/mol. The summed E-state index contributed by atoms with van der Waals surface area (Å²) in [4.78, 5) is 27.8. The van der Waals surface area contributed by atoms with Crippen LogP contribution in [0.15, 0.2) is 48.0 Å². The first-order valence-corrected chi connectivity index (χ1v) is 11.6. The van der Waals surface area contributed by atoms with Crippen molar-refractivity contribution in [1.29, 1.82) is 0 Å². The molecule has 2 aromatic rings. The van der Waals surface area contributed by atoms with Crippen molar-refractivity contribution in [3.63, 3.8) is 0 Å². The Morgan fingerprint density at radius 3 is 2.56 bits per heavy atom. The molecule has 1 saturated heterocycles. The fraction of sp³-hybridized carbons (Fsp3) is 0.407. The molecule has 0 radical (unpaired) electrons. The molecule has 32 heavy (non-hydrogen) atoms. The summed E-state index contributed by atoms with van der Waals surface area (Å²) in [6.07, 6.45) is 7.09. The third-order valence-electron chi connectivity index (χ3n) is 6.60. The molecule has 0 bridgehead atoms. The summed E-state index contributed by atoms with van der Waals surface area (Å²) in [5.41, 5.74) is 3.97. The lowest BCUT2D eigenvalue weighted by Crippen LogP contribution is -2.30. The largest absolute Gasteiger partial charge is 0.507 e. The number of aliphatic hydroxyl groups is 1. The number of unbranched alkanes of at least 4 members (excludes halogenated alkanes) is 2. The SMILES string of the molecule is CCCCCN1C(=O)C(=O)/C(=C(/O)c2ccc3c(c2)CCCC3)C1c1ccccc1OC. The smallest absolute Gasteiger partial charge is 0.295 e. The fourth-order valence-electron chi connectivity index (χ4n) is 4.89. The van der Waals surface area contributed by atoms with Gasteiger partial charge in [0.15, 0.2) is 0 Å². The van der Waals surface area contributed by atoms with Gasteiger partial charge in [-0.15, -0.1) is 0 Å². The zero-order valence-corrected chi connectivity index (χ0v) is 18.9. The van der Waals surface area contributed by atoms with Crippen LogP contribution >= 0.6 is 0 Å². The maximum absolute atomic E-state index is 13.2. The molecule has 2 aromatic carbocycles. The van der Waals surface area contributed by atoms with Crippen LogP contribution in [0.5, 0.6) is 5.75 Å². The van der Waals surface area contributed by atoms with Crippen molar-refractivity contribution in [2.45, 2.75) is 57.9 Å². The Labute approximate surface area is 189 Å². The lowest BCUT2D eigenvalue weighted by atomic mass is 9.88. The van der Waals surface area contributed by atoms with E-state index >= 15 is 0 Å². The second-order valence-electron chi connectivity index (χ2n) is 8.63. The number of methoxy groups -OCH3 is 1. The molecule has 1 atom stereocenters. The Balaban J connectivity index is 1.84. The summed E-state index contributed by atoms with van der Waals surface area (Å²) in [5, 5.41) is 11.3. The molecule has 1 unspecified atom stereocenters. The molecule has 1 aliphatic carbocycles. The van der Waals surface area contributed by atoms with Gasteiger partial charge in [0.1, 0.15) is 11.5 Å². The number of ketones is 1. The zero-order chi connectivity index (χ0) is 22.7. The highest BCUT2D eigenvalue weighted by atomic mass is 16.5. The van der Waals surface area contributed by atoms with Crippen molar-refractivity contribution >= 4 is 17.4 Å². The number of fused-ring (bicyclic) bond motifs is 1. The van der Waals surface area contributed by atoms with E-state index in [4.69, 9.17) is 4.74 Å². The van der Waals surface area contributed by atoms with E-state index in [0.29, 0.717) is 23.4 Å². The Morgan fingerprint density at radius 1 is 1.06 bits per heavy atom. The van der Waals surface area contributed by atoms with Gasteiger partial charge in [-0.1, -0.05) is 50.1 Å². The molecule has 4 rings (SSSR count). The number of likely N-dealkylation sites (tertiary alicyclic amines) is 1. The number of Topliss-reactive ketones (excluding diaryl/α,β-unsaturated/α-hetero) is 1. The second kappa shape index (κ2) is 9.60. The average molecular weight is 434 g/mol. The molecule has 0 saturated carbocycles. The van der Waals surface area contributed by atoms with Crippen molar-refractivity contribution in [3.8, 4) is 5.75 Å². The van der Waals surface area contributed by atoms with E-state index in [9.17, 15) is 14.7 Å². The quantitative estimate of drug-likeness (QED) is 0.283. The van der Waals surface area contributed by atoms with Crippen LogP contribution in [0.1, 0.15) is 67.3 Å². The highest BCUT2D eigenvalue weighted by Gasteiger charge is 2.46. The van der Waals surface area contributed by atoms with Crippen molar-refractivity contribution in [1.82, 2.24) is 4.90 Å². The Kier molecular flexibility index (Phi) is 6.63. The van der Waals surface area contributed by atoms with Gasteiger partial charge in [0.05, 0.1) is 18.7 Å². The van der Waals surface area contributed by atoms with Gasteiger partial charge < -0.3 is 14.7 Å². The van der Waals surface area contributed by atoms with Gasteiger partial charge in [0.2, 0.25) is 0 Å². The highest BCUT2D eigenvalue weighted by molar-refractivity contribution is 6.46. The lowest BCUT2D eigenvalue weighted by Gasteiger charge is -2.26. The summed E-state index contributed by atoms with van der Waals surface area (Å²) >= 11 is 0. The summed E-state index contributed by atoms with van der Waals surface area (Å²) in [5.74, 6) is -0.703. The van der Waals surface area contributed by atoms with Crippen molar-refractivity contribution < 1.29 is 19.4 Å². The fourth-order valence-corrected chi connectivity index (χ4v) is 4.89. The van der Waals surface area contributed by atoms with Gasteiger partial charge in [-0.05, 0) is 55.4 Å². The van der Waals surface area contributed by atoms with Crippen molar-refractivity contribution in [3.05, 3.63) is 70.3 Å². The number of amides is 1. The average Bonchev–Trinajstić information content (AvgIpc) is 3.08. The monoisotopic (exact) mass is 433 g/mol. The number of carbonyl (C=O) groups excluding carboxylic acids is 2. The normalized spacial score (nSPS) is 19.8. The van der Waals surface area contributed by atoms with Gasteiger partial charge in [0, 0.05) is 17.7 Å². The van der Waals surface area contributed by atoms with E-state index < -0.39 is 17.7 Å². The third-order valence-corrected chi connectivity index (χ3v) is 6.60. The van der Waals surface area contributed by atoms with Gasteiger partial charge >= 0.3 is 0 Å². The van der Waals surface area contributed by atoms with Crippen LogP contribution in [0.3, 0.4) is 0 Å². The molecule has 5 heteroatoms. The Bertz CT molecular complexity index is 1060. The first kappa shape index (κ1) is 22.1. The molecule has 1 fully saturated rings. The predicted molar refractivity (Wildman–Crippen MR) is 125 cm³/mol. The van der Waals surface area contributed by atoms with E-state index in [1.54, 1.807) is 12.0 Å². The van der Waals surface area contributed by atoms with Crippen LogP contribution in [-0.2, 0) is 22.4 Å². The van der Waals surface area contributed by atoms with Crippen molar-refractivity contribution in [2.75, 3.05) is 13.7 Å². The number of para-hydroxylation sites is 1. The molecule has 1 amide bonds. The Morgan fingerprint density at radius 2 is 1.81 bits per heavy atom. The molecule has 168 valence electrons. The van der Waals surface area contributed by atoms with E-state index in [0.717, 1.165) is 38.5 Å². The second-order valence-corrected chi connectivity index (χ2v) is 8.63. The van der Waals surface area contributed by atoms with Crippen molar-refractivity contribution in [2.24, 2.45) is 0 Å². The van der Waals surface area contributed by atoms with Gasteiger partial charge in [-0.3, -0.25) is 9.59 Å². The maximum atomic E-state index is 13.2. The highest BCUT2D eigenvalue weighted by Crippen LogP contribution is 2.43. The van der Waals surface area contributed by atoms with Crippen LogP contribution in [0.25, 0.3) is 5.76 Å². The first-order chi connectivity index (χ1) is 15.6. The molecule has 1 N–H and O–H groups in total. The zero-order valence-electron chi connectivity index (χ0n) is 18.9. The van der Waals surface area contributed by atoms with Gasteiger partial charge in [0.25, 0.3) is 11.7 Å². The van der Waals surface area contributed by atoms with Crippen LogP contribution < -0.4 is 4.74 Å². The summed E-state index contributed by atoms with van der Waals surface area (Å²) < 4.78 is 5.56. The first-order valence-electron chi connectivity index (χ1n) is 11.6. The van der Waals surface area contributed by atoms with E-state index in [-0.39, 0.29) is 11.3 Å². The summed E-state index contributed by atoms with van der Waals surface area (Å²) in [6, 6.07) is 12.6. The number of aliphatic hydroxyl groups excluding tert-OH is 1. The van der Waals surface area contributed by atoms with Crippen LogP contribution in [0.2, 0.25) is 0 Å². The molecule has 2 aliphatic rings. The molecular formula is C27H31NO4. The topological polar surface area (TPSA) is 66.8 Å². The number of ether oxygens (including phenoxy) is 1. The molecule has 0 aromatic heterocycles.